The van der Waals surface area contributed by atoms with Crippen molar-refractivity contribution >= 4 is 10.0 Å². The first-order valence-corrected chi connectivity index (χ1v) is 10.6. The monoisotopic (exact) mass is 383 g/mol. The fourth-order valence-corrected chi connectivity index (χ4v) is 6.04. The second-order valence-corrected chi connectivity index (χ2v) is 9.78. The minimum atomic E-state index is -3.68. The van der Waals surface area contributed by atoms with Crippen molar-refractivity contribution in [2.45, 2.75) is 29.9 Å². The Bertz CT molecular complexity index is 787. The molecule has 3 aliphatic rings. The number of aryl methyl sites for hydroxylation is 1. The van der Waals surface area contributed by atoms with E-state index in [1.165, 1.54) is 16.4 Å². The molecule has 144 valence electrons. The molecule has 8 heteroatoms. The third-order valence-corrected chi connectivity index (χ3v) is 7.87. The Labute approximate surface area is 154 Å². The lowest BCUT2D eigenvalue weighted by Crippen LogP contribution is -2.63. The predicted molar refractivity (Wildman–Crippen MR) is 96.1 cm³/mol. The van der Waals surface area contributed by atoms with Crippen LogP contribution in [0.2, 0.25) is 0 Å². The summed E-state index contributed by atoms with van der Waals surface area (Å²) >= 11 is 0. The van der Waals surface area contributed by atoms with Gasteiger partial charge in [-0.25, -0.2) is 12.8 Å². The molecule has 1 atom stereocenters. The molecule has 0 aromatic heterocycles. The zero-order valence-corrected chi connectivity index (χ0v) is 16.1. The first-order chi connectivity index (χ1) is 12.3. The van der Waals surface area contributed by atoms with Gasteiger partial charge in [0.15, 0.2) is 0 Å². The van der Waals surface area contributed by atoms with Crippen molar-refractivity contribution in [2.75, 3.05) is 52.9 Å². The predicted octanol–water partition coefficient (Wildman–Crippen LogP) is 0.914. The molecule has 0 N–H and O–H groups in total. The van der Waals surface area contributed by atoms with Gasteiger partial charge in [-0.15, -0.1) is 0 Å². The van der Waals surface area contributed by atoms with E-state index in [-0.39, 0.29) is 10.5 Å². The van der Waals surface area contributed by atoms with Crippen LogP contribution in [0.4, 0.5) is 4.39 Å². The van der Waals surface area contributed by atoms with Crippen molar-refractivity contribution in [3.8, 4) is 0 Å². The zero-order valence-electron chi connectivity index (χ0n) is 15.3. The average molecular weight is 383 g/mol. The highest BCUT2D eigenvalue weighted by Crippen LogP contribution is 2.40. The van der Waals surface area contributed by atoms with Crippen molar-refractivity contribution in [3.05, 3.63) is 29.6 Å². The molecule has 1 aromatic rings. The standard InChI is InChI=1S/C18H26FN3O3S/c1-14-3-4-15(19)9-17(14)26(23,24)22-12-18(13-22)10-16(11-25-18)21-7-5-20(2)6-8-21/h3-4,9,16H,5-8,10-13H2,1-2H3. The second-order valence-electron chi connectivity index (χ2n) is 7.87. The number of hydrogen-bond donors (Lipinski definition) is 0. The van der Waals surface area contributed by atoms with E-state index in [2.05, 4.69) is 16.8 Å². The summed E-state index contributed by atoms with van der Waals surface area (Å²) in [5.74, 6) is -0.531. The summed E-state index contributed by atoms with van der Waals surface area (Å²) in [5.41, 5.74) is 0.192. The van der Waals surface area contributed by atoms with Crippen LogP contribution in [0.15, 0.2) is 23.1 Å². The smallest absolute Gasteiger partial charge is 0.243 e. The van der Waals surface area contributed by atoms with Gasteiger partial charge in [-0.1, -0.05) is 6.07 Å². The van der Waals surface area contributed by atoms with Crippen molar-refractivity contribution in [1.29, 1.82) is 0 Å². The first-order valence-electron chi connectivity index (χ1n) is 9.12. The SMILES string of the molecule is Cc1ccc(F)cc1S(=O)(=O)N1CC2(CC(N3CCN(C)CC3)CO2)C1. The largest absolute Gasteiger partial charge is 0.371 e. The quantitative estimate of drug-likeness (QED) is 0.777. The molecular weight excluding hydrogens is 357 g/mol. The molecule has 26 heavy (non-hydrogen) atoms. The fraction of sp³-hybridized carbons (Fsp3) is 0.667. The lowest BCUT2D eigenvalue weighted by molar-refractivity contribution is -0.0775. The van der Waals surface area contributed by atoms with Crippen LogP contribution in [0.25, 0.3) is 0 Å². The zero-order chi connectivity index (χ0) is 18.5. The van der Waals surface area contributed by atoms with E-state index in [1.807, 2.05) is 0 Å². The van der Waals surface area contributed by atoms with E-state index in [0.29, 0.717) is 31.3 Å². The maximum absolute atomic E-state index is 13.5. The van der Waals surface area contributed by atoms with E-state index in [1.54, 1.807) is 6.92 Å². The number of sulfonamides is 1. The molecule has 6 nitrogen and oxygen atoms in total. The highest BCUT2D eigenvalue weighted by Gasteiger charge is 2.54. The normalized spacial score (nSPS) is 27.7. The van der Waals surface area contributed by atoms with Gasteiger partial charge in [0.05, 0.1) is 17.1 Å². The number of piperazine rings is 1. The van der Waals surface area contributed by atoms with Gasteiger partial charge >= 0.3 is 0 Å². The van der Waals surface area contributed by atoms with E-state index < -0.39 is 15.8 Å². The molecular formula is C18H26FN3O3S. The summed E-state index contributed by atoms with van der Waals surface area (Å²) in [5, 5.41) is 0. The van der Waals surface area contributed by atoms with Gasteiger partial charge in [0, 0.05) is 45.3 Å². The number of nitrogens with zero attached hydrogens (tertiary/aromatic N) is 3. The number of halogens is 1. The molecule has 3 heterocycles. The highest BCUT2D eigenvalue weighted by atomic mass is 32.2. The number of likely N-dealkylation sites (N-methyl/N-ethyl adjacent to an activating group) is 1. The molecule has 0 bridgehead atoms. The molecule has 1 unspecified atom stereocenters. The van der Waals surface area contributed by atoms with E-state index >= 15 is 0 Å². The van der Waals surface area contributed by atoms with Gasteiger partial charge < -0.3 is 9.64 Å². The molecule has 3 fully saturated rings. The lowest BCUT2D eigenvalue weighted by Gasteiger charge is -2.46. The van der Waals surface area contributed by atoms with E-state index in [0.717, 1.165) is 38.7 Å². The lowest BCUT2D eigenvalue weighted by atomic mass is 9.91. The minimum absolute atomic E-state index is 0.0564. The van der Waals surface area contributed by atoms with Crippen molar-refractivity contribution < 1.29 is 17.5 Å². The average Bonchev–Trinajstić information content (AvgIpc) is 3.02. The number of rotatable bonds is 3. The summed E-state index contributed by atoms with van der Waals surface area (Å²) in [6.07, 6.45) is 0.866. The number of benzene rings is 1. The minimum Gasteiger partial charge on any atom is -0.371 e. The van der Waals surface area contributed by atoms with Gasteiger partial charge in [-0.05, 0) is 38.1 Å². The molecule has 0 amide bonds. The summed E-state index contributed by atoms with van der Waals surface area (Å²) in [7, 11) is -1.54. The van der Waals surface area contributed by atoms with Crippen LogP contribution in [0.3, 0.4) is 0 Å². The highest BCUT2D eigenvalue weighted by molar-refractivity contribution is 7.89. The topological polar surface area (TPSA) is 53.1 Å². The maximum Gasteiger partial charge on any atom is 0.243 e. The van der Waals surface area contributed by atoms with Crippen LogP contribution in [0.1, 0.15) is 12.0 Å². The summed E-state index contributed by atoms with van der Waals surface area (Å²) in [6, 6.07) is 4.27. The number of ether oxygens (including phenoxy) is 1. The second kappa shape index (κ2) is 6.53. The third-order valence-electron chi connectivity index (χ3n) is 5.94. The molecule has 3 saturated heterocycles. The Morgan fingerprint density at radius 2 is 1.88 bits per heavy atom. The van der Waals surface area contributed by atoms with Gasteiger partial charge in [0.1, 0.15) is 5.82 Å². The van der Waals surface area contributed by atoms with Crippen molar-refractivity contribution in [1.82, 2.24) is 14.1 Å². The van der Waals surface area contributed by atoms with Gasteiger partial charge in [0.2, 0.25) is 10.0 Å². The Hall–Kier alpha value is -1.06. The van der Waals surface area contributed by atoms with Crippen LogP contribution in [0.5, 0.6) is 0 Å². The summed E-state index contributed by atoms with van der Waals surface area (Å²) < 4.78 is 46.7. The van der Waals surface area contributed by atoms with Gasteiger partial charge in [0.25, 0.3) is 0 Å². The first kappa shape index (κ1) is 18.3. The number of hydrogen-bond acceptors (Lipinski definition) is 5. The van der Waals surface area contributed by atoms with Crippen molar-refractivity contribution in [3.63, 3.8) is 0 Å². The molecule has 3 aliphatic heterocycles. The molecule has 0 aliphatic carbocycles. The summed E-state index contributed by atoms with van der Waals surface area (Å²) in [6.45, 7) is 7.25. The molecule has 1 aromatic carbocycles. The van der Waals surface area contributed by atoms with Crippen molar-refractivity contribution in [2.24, 2.45) is 0 Å². The van der Waals surface area contributed by atoms with Gasteiger partial charge in [-0.2, -0.15) is 4.31 Å². The van der Waals surface area contributed by atoms with E-state index in [4.69, 9.17) is 4.74 Å². The van der Waals surface area contributed by atoms with E-state index in [9.17, 15) is 12.8 Å². The molecule has 1 spiro atoms. The molecule has 4 rings (SSSR count). The summed E-state index contributed by atoms with van der Waals surface area (Å²) in [4.78, 5) is 4.84. The fourth-order valence-electron chi connectivity index (χ4n) is 4.22. The third kappa shape index (κ3) is 3.18. The van der Waals surface area contributed by atoms with Crippen LogP contribution in [-0.2, 0) is 14.8 Å². The maximum atomic E-state index is 13.5. The van der Waals surface area contributed by atoms with Gasteiger partial charge in [-0.3, -0.25) is 4.90 Å². The van der Waals surface area contributed by atoms with Crippen LogP contribution in [0, 0.1) is 12.7 Å². The Balaban J connectivity index is 1.41. The Kier molecular flexibility index (Phi) is 4.60. The molecule has 0 radical (unpaired) electrons. The van der Waals surface area contributed by atoms with Crippen LogP contribution >= 0.6 is 0 Å². The van der Waals surface area contributed by atoms with Crippen LogP contribution in [-0.4, -0.2) is 87.1 Å². The molecule has 0 saturated carbocycles. The Morgan fingerprint density at radius 3 is 2.58 bits per heavy atom. The van der Waals surface area contributed by atoms with Crippen LogP contribution < -0.4 is 0 Å². The Morgan fingerprint density at radius 1 is 1.19 bits per heavy atom.